The standard InChI is InChI=1S/C22H24N2O3/c1-4-5-10-24-21(25)19-9-7-6-8-18(19)20(23-24)22(26)27-14-17-12-15(2)11-16(3)13-17/h6-9,11-13H,4-5,10,14H2,1-3H3. The average molecular weight is 364 g/mol. The number of unbranched alkanes of at least 4 members (excludes halogenated alkanes) is 1. The Morgan fingerprint density at radius 2 is 1.74 bits per heavy atom. The predicted molar refractivity (Wildman–Crippen MR) is 106 cm³/mol. The third kappa shape index (κ3) is 4.25. The van der Waals surface area contributed by atoms with Gasteiger partial charge in [-0.2, -0.15) is 5.10 Å². The molecule has 27 heavy (non-hydrogen) atoms. The summed E-state index contributed by atoms with van der Waals surface area (Å²) >= 11 is 0. The molecular weight excluding hydrogens is 340 g/mol. The molecule has 0 fully saturated rings. The van der Waals surface area contributed by atoms with Gasteiger partial charge in [-0.25, -0.2) is 9.48 Å². The molecule has 0 saturated carbocycles. The lowest BCUT2D eigenvalue weighted by molar-refractivity contribution is 0.0465. The number of ether oxygens (including phenoxy) is 1. The highest BCUT2D eigenvalue weighted by Crippen LogP contribution is 2.16. The number of nitrogens with zero attached hydrogens (tertiary/aromatic N) is 2. The number of rotatable bonds is 6. The number of carbonyl (C=O) groups excluding carboxylic acids is 1. The van der Waals surface area contributed by atoms with E-state index in [0.717, 1.165) is 29.5 Å². The molecule has 140 valence electrons. The zero-order valence-electron chi connectivity index (χ0n) is 16.0. The van der Waals surface area contributed by atoms with Gasteiger partial charge in [0.05, 0.1) is 5.39 Å². The van der Waals surface area contributed by atoms with E-state index in [1.165, 1.54) is 4.68 Å². The minimum atomic E-state index is -0.518. The van der Waals surface area contributed by atoms with Gasteiger partial charge in [0.2, 0.25) is 0 Å². The smallest absolute Gasteiger partial charge is 0.359 e. The molecule has 1 aromatic heterocycles. The molecule has 0 aliphatic heterocycles. The van der Waals surface area contributed by atoms with Gasteiger partial charge in [-0.3, -0.25) is 4.79 Å². The fraction of sp³-hybridized carbons (Fsp3) is 0.318. The van der Waals surface area contributed by atoms with Crippen LogP contribution in [0, 0.1) is 13.8 Å². The maximum atomic E-state index is 12.7. The van der Waals surface area contributed by atoms with Gasteiger partial charge >= 0.3 is 5.97 Å². The summed E-state index contributed by atoms with van der Waals surface area (Å²) in [6, 6.07) is 13.1. The maximum absolute atomic E-state index is 12.7. The quantitative estimate of drug-likeness (QED) is 0.616. The lowest BCUT2D eigenvalue weighted by Crippen LogP contribution is -2.26. The largest absolute Gasteiger partial charge is 0.456 e. The molecule has 0 unspecified atom stereocenters. The van der Waals surface area contributed by atoms with E-state index < -0.39 is 5.97 Å². The van der Waals surface area contributed by atoms with Crippen molar-refractivity contribution in [3.63, 3.8) is 0 Å². The van der Waals surface area contributed by atoms with Crippen molar-refractivity contribution in [3.8, 4) is 0 Å². The van der Waals surface area contributed by atoms with Crippen molar-refractivity contribution in [3.05, 3.63) is 75.2 Å². The molecule has 0 bridgehead atoms. The molecule has 0 aliphatic rings. The summed E-state index contributed by atoms with van der Waals surface area (Å²) in [6.45, 7) is 6.72. The second-order valence-corrected chi connectivity index (χ2v) is 6.85. The molecule has 0 amide bonds. The number of hydrogen-bond donors (Lipinski definition) is 0. The minimum absolute atomic E-state index is 0.172. The van der Waals surface area contributed by atoms with Crippen molar-refractivity contribution < 1.29 is 9.53 Å². The summed E-state index contributed by atoms with van der Waals surface area (Å²) in [5.74, 6) is -0.518. The Balaban J connectivity index is 1.93. The van der Waals surface area contributed by atoms with Crippen LogP contribution in [-0.2, 0) is 17.9 Å². The molecule has 0 N–H and O–H groups in total. The molecular formula is C22H24N2O3. The highest BCUT2D eigenvalue weighted by atomic mass is 16.5. The van der Waals surface area contributed by atoms with E-state index in [0.29, 0.717) is 17.3 Å². The van der Waals surface area contributed by atoms with Gasteiger partial charge in [-0.15, -0.1) is 0 Å². The van der Waals surface area contributed by atoms with Gasteiger partial charge in [0.1, 0.15) is 6.61 Å². The first-order chi connectivity index (χ1) is 13.0. The van der Waals surface area contributed by atoms with Crippen LogP contribution in [0.2, 0.25) is 0 Å². The average Bonchev–Trinajstić information content (AvgIpc) is 2.65. The Morgan fingerprint density at radius 3 is 2.41 bits per heavy atom. The monoisotopic (exact) mass is 364 g/mol. The van der Waals surface area contributed by atoms with Crippen LogP contribution in [-0.4, -0.2) is 15.7 Å². The third-order valence-electron chi connectivity index (χ3n) is 4.44. The van der Waals surface area contributed by atoms with E-state index in [-0.39, 0.29) is 17.9 Å². The zero-order chi connectivity index (χ0) is 19.4. The Kier molecular flexibility index (Phi) is 5.69. The molecule has 0 radical (unpaired) electrons. The summed E-state index contributed by atoms with van der Waals surface area (Å²) in [5, 5.41) is 5.33. The van der Waals surface area contributed by atoms with E-state index in [1.54, 1.807) is 24.3 Å². The molecule has 5 nitrogen and oxygen atoms in total. The van der Waals surface area contributed by atoms with Crippen LogP contribution in [0.1, 0.15) is 46.9 Å². The Hall–Kier alpha value is -2.95. The predicted octanol–water partition coefficient (Wildman–Crippen LogP) is 4.17. The fourth-order valence-corrected chi connectivity index (χ4v) is 3.21. The van der Waals surface area contributed by atoms with Gasteiger partial charge < -0.3 is 4.74 Å². The van der Waals surface area contributed by atoms with Gasteiger partial charge in [0.25, 0.3) is 5.56 Å². The van der Waals surface area contributed by atoms with Crippen LogP contribution in [0.15, 0.2) is 47.3 Å². The van der Waals surface area contributed by atoms with Crippen LogP contribution in [0.25, 0.3) is 10.8 Å². The van der Waals surface area contributed by atoms with Crippen molar-refractivity contribution in [2.75, 3.05) is 0 Å². The molecule has 0 atom stereocenters. The summed E-state index contributed by atoms with van der Waals surface area (Å²) in [6.07, 6.45) is 1.76. The normalized spacial score (nSPS) is 10.9. The van der Waals surface area contributed by atoms with Crippen LogP contribution in [0.4, 0.5) is 0 Å². The van der Waals surface area contributed by atoms with Crippen molar-refractivity contribution in [2.24, 2.45) is 0 Å². The molecule has 5 heteroatoms. The van der Waals surface area contributed by atoms with Gasteiger partial charge in [0.15, 0.2) is 5.69 Å². The molecule has 1 heterocycles. The molecule has 0 saturated heterocycles. The van der Waals surface area contributed by atoms with E-state index in [2.05, 4.69) is 11.2 Å². The number of aryl methyl sites for hydroxylation is 3. The molecule has 0 aliphatic carbocycles. The zero-order valence-corrected chi connectivity index (χ0v) is 16.0. The van der Waals surface area contributed by atoms with Crippen molar-refractivity contribution in [2.45, 2.75) is 46.8 Å². The minimum Gasteiger partial charge on any atom is -0.456 e. The Morgan fingerprint density at radius 1 is 1.07 bits per heavy atom. The van der Waals surface area contributed by atoms with Crippen molar-refractivity contribution in [1.29, 1.82) is 0 Å². The van der Waals surface area contributed by atoms with E-state index in [1.807, 2.05) is 32.9 Å². The first kappa shape index (κ1) is 18.8. The molecule has 2 aromatic carbocycles. The topological polar surface area (TPSA) is 61.2 Å². The van der Waals surface area contributed by atoms with E-state index >= 15 is 0 Å². The van der Waals surface area contributed by atoms with E-state index in [4.69, 9.17) is 4.74 Å². The summed E-state index contributed by atoms with van der Waals surface area (Å²) in [5.41, 5.74) is 3.19. The number of carbonyl (C=O) groups is 1. The molecule has 3 rings (SSSR count). The molecule has 0 spiro atoms. The summed E-state index contributed by atoms with van der Waals surface area (Å²) < 4.78 is 6.89. The van der Waals surface area contributed by atoms with Crippen molar-refractivity contribution in [1.82, 2.24) is 9.78 Å². The fourth-order valence-electron chi connectivity index (χ4n) is 3.21. The van der Waals surface area contributed by atoms with Gasteiger partial charge in [-0.1, -0.05) is 60.9 Å². The Labute approximate surface area is 158 Å². The number of aromatic nitrogens is 2. The molecule has 3 aromatic rings. The van der Waals surface area contributed by atoms with Crippen LogP contribution in [0.5, 0.6) is 0 Å². The van der Waals surface area contributed by atoms with E-state index in [9.17, 15) is 9.59 Å². The number of benzene rings is 2. The van der Waals surface area contributed by atoms with Gasteiger partial charge in [-0.05, 0) is 31.9 Å². The summed E-state index contributed by atoms with van der Waals surface area (Å²) in [7, 11) is 0. The number of esters is 1. The number of hydrogen-bond acceptors (Lipinski definition) is 4. The Bertz CT molecular complexity index is 1020. The first-order valence-electron chi connectivity index (χ1n) is 9.23. The highest BCUT2D eigenvalue weighted by molar-refractivity contribution is 6.02. The lowest BCUT2D eigenvalue weighted by Gasteiger charge is -2.11. The highest BCUT2D eigenvalue weighted by Gasteiger charge is 2.18. The number of fused-ring (bicyclic) bond motifs is 1. The summed E-state index contributed by atoms with van der Waals surface area (Å²) in [4.78, 5) is 25.4. The van der Waals surface area contributed by atoms with Crippen LogP contribution in [0.3, 0.4) is 0 Å². The second kappa shape index (κ2) is 8.16. The SMILES string of the molecule is CCCCn1nc(C(=O)OCc2cc(C)cc(C)c2)c2ccccc2c1=O. The second-order valence-electron chi connectivity index (χ2n) is 6.85. The van der Waals surface area contributed by atoms with Gasteiger partial charge in [0, 0.05) is 11.9 Å². The van der Waals surface area contributed by atoms with Crippen LogP contribution >= 0.6 is 0 Å². The van der Waals surface area contributed by atoms with Crippen molar-refractivity contribution >= 4 is 16.7 Å². The third-order valence-corrected chi connectivity index (χ3v) is 4.44. The first-order valence-corrected chi connectivity index (χ1v) is 9.23. The maximum Gasteiger partial charge on any atom is 0.359 e. The lowest BCUT2D eigenvalue weighted by atomic mass is 10.1. The van der Waals surface area contributed by atoms with Crippen LogP contribution < -0.4 is 5.56 Å².